The fourth-order valence-electron chi connectivity index (χ4n) is 7.72. The van der Waals surface area contributed by atoms with Gasteiger partial charge in [0.15, 0.2) is 0 Å². The van der Waals surface area contributed by atoms with Gasteiger partial charge in [-0.05, 0) is 101 Å². The van der Waals surface area contributed by atoms with E-state index in [1.165, 1.54) is 6.92 Å². The quantitative estimate of drug-likeness (QED) is 0.201. The van der Waals surface area contributed by atoms with Gasteiger partial charge in [-0.3, -0.25) is 19.7 Å². The molecule has 280 valence electrons. The predicted molar refractivity (Wildman–Crippen MR) is 193 cm³/mol. The monoisotopic (exact) mass is 727 g/mol. The number of halogens is 1. The molecule has 6 rings (SSSR count). The van der Waals surface area contributed by atoms with Gasteiger partial charge in [0.2, 0.25) is 0 Å². The van der Waals surface area contributed by atoms with Crippen LogP contribution in [0.15, 0.2) is 30.7 Å². The Morgan fingerprint density at radius 1 is 1.12 bits per heavy atom. The highest BCUT2D eigenvalue weighted by Gasteiger charge is 2.33. The van der Waals surface area contributed by atoms with Gasteiger partial charge in [0.1, 0.15) is 29.5 Å². The molecule has 2 aliphatic heterocycles. The molecule has 15 heteroatoms. The van der Waals surface area contributed by atoms with Crippen LogP contribution in [0.4, 0.5) is 5.69 Å². The van der Waals surface area contributed by atoms with Crippen LogP contribution < -0.4 is 20.1 Å². The summed E-state index contributed by atoms with van der Waals surface area (Å²) < 4.78 is 27.7. The van der Waals surface area contributed by atoms with Crippen molar-refractivity contribution in [2.45, 2.75) is 141 Å². The number of benzene rings is 1. The first-order valence-electron chi connectivity index (χ1n) is 18.4. The van der Waals surface area contributed by atoms with Crippen molar-refractivity contribution in [1.82, 2.24) is 40.2 Å². The van der Waals surface area contributed by atoms with Crippen molar-refractivity contribution in [3.8, 4) is 11.6 Å². The fraction of sp³-hybridized carbons (Fsp3) is 0.694. The SMILES string of the molecule is CC(=O)OC(C)(C)CCOc1nn(C2CCC(N3C[C@@H](C)O[C@@H](C)C3)CC2)cc1N[C@@H]1CC[C@H](c2ccc(Cl)c(O[C@@H](C)Cn3cnnn3)c2)N1. The molecular weight excluding hydrogens is 674 g/mol. The van der Waals surface area contributed by atoms with Crippen molar-refractivity contribution in [1.29, 1.82) is 0 Å². The third-order valence-corrected chi connectivity index (χ3v) is 10.4. The number of anilines is 1. The summed E-state index contributed by atoms with van der Waals surface area (Å²) in [5.41, 5.74) is 1.32. The number of hydrogen-bond donors (Lipinski definition) is 2. The number of hydrogen-bond acceptors (Lipinski definition) is 12. The molecule has 3 aromatic rings. The van der Waals surface area contributed by atoms with Crippen LogP contribution in [0, 0.1) is 0 Å². The molecule has 5 atom stereocenters. The first kappa shape index (κ1) is 37.3. The van der Waals surface area contributed by atoms with Gasteiger partial charge < -0.3 is 24.3 Å². The second-order valence-electron chi connectivity index (χ2n) is 15.1. The maximum atomic E-state index is 11.6. The minimum Gasteiger partial charge on any atom is -0.487 e. The second-order valence-corrected chi connectivity index (χ2v) is 15.5. The minimum atomic E-state index is -0.637. The standard InChI is InChI=1S/C36H54ClN9O5/c1-23-18-44(19-24(2)49-23)28-8-10-29(11-9-28)46-21-32(35(41-46)48-16-15-36(5,6)51-26(4)47)40-34-14-13-31(39-34)27-7-12-30(37)33(17-27)50-25(3)20-45-22-38-42-43-45/h7,12,17,21-25,28-29,31,34,39-40H,8-11,13-16,18-20H2,1-6H3/t23-,24+,25-,28?,29?,31+,34+/m0/s1. The zero-order chi connectivity index (χ0) is 36.1. The smallest absolute Gasteiger partial charge is 0.303 e. The molecule has 14 nitrogen and oxygen atoms in total. The van der Waals surface area contributed by atoms with Gasteiger partial charge in [-0.1, -0.05) is 17.7 Å². The van der Waals surface area contributed by atoms with E-state index >= 15 is 0 Å². The first-order chi connectivity index (χ1) is 24.4. The number of rotatable bonds is 14. The van der Waals surface area contributed by atoms with E-state index in [4.69, 9.17) is 35.6 Å². The predicted octanol–water partition coefficient (Wildman–Crippen LogP) is 5.56. The minimum absolute atomic E-state index is 0.00677. The van der Waals surface area contributed by atoms with Crippen LogP contribution in [0.25, 0.3) is 0 Å². The number of morpholine rings is 1. The van der Waals surface area contributed by atoms with Gasteiger partial charge in [0.25, 0.3) is 5.88 Å². The number of esters is 1. The summed E-state index contributed by atoms with van der Waals surface area (Å²) in [6, 6.07) is 6.95. The van der Waals surface area contributed by atoms with E-state index in [1.807, 2.05) is 39.0 Å². The molecule has 2 saturated heterocycles. The summed E-state index contributed by atoms with van der Waals surface area (Å²) in [4.78, 5) is 14.2. The average Bonchev–Trinajstić information content (AvgIpc) is 3.84. The number of nitrogens with zero attached hydrogens (tertiary/aromatic N) is 7. The molecule has 0 bridgehead atoms. The number of carbonyl (C=O) groups excluding carboxylic acids is 1. The van der Waals surface area contributed by atoms with Crippen molar-refractivity contribution < 1.29 is 23.7 Å². The van der Waals surface area contributed by atoms with Gasteiger partial charge in [-0.25, -0.2) is 4.68 Å². The molecule has 2 aromatic heterocycles. The Morgan fingerprint density at radius 3 is 2.57 bits per heavy atom. The van der Waals surface area contributed by atoms with Gasteiger partial charge in [0, 0.05) is 38.5 Å². The Labute approximate surface area is 305 Å². The normalized spacial score (nSPS) is 26.5. The highest BCUT2D eigenvalue weighted by Crippen LogP contribution is 2.37. The van der Waals surface area contributed by atoms with E-state index < -0.39 is 5.60 Å². The Morgan fingerprint density at radius 2 is 1.86 bits per heavy atom. The Balaban J connectivity index is 1.10. The molecule has 1 aliphatic carbocycles. The zero-order valence-corrected chi connectivity index (χ0v) is 31.5. The Hall–Kier alpha value is -3.46. The maximum absolute atomic E-state index is 11.6. The molecule has 51 heavy (non-hydrogen) atoms. The average molecular weight is 728 g/mol. The lowest BCUT2D eigenvalue weighted by Gasteiger charge is -2.42. The zero-order valence-electron chi connectivity index (χ0n) is 30.8. The van der Waals surface area contributed by atoms with Crippen molar-refractivity contribution in [3.63, 3.8) is 0 Å². The van der Waals surface area contributed by atoms with E-state index in [0.29, 0.717) is 48.3 Å². The number of tetrazole rings is 1. The number of aromatic nitrogens is 6. The Bertz CT molecular complexity index is 1570. The van der Waals surface area contributed by atoms with Crippen LogP contribution in [0.5, 0.6) is 11.6 Å². The Kier molecular flexibility index (Phi) is 12.1. The highest BCUT2D eigenvalue weighted by atomic mass is 35.5. The van der Waals surface area contributed by atoms with Gasteiger partial charge in [-0.2, -0.15) is 0 Å². The molecule has 0 radical (unpaired) electrons. The summed E-state index contributed by atoms with van der Waals surface area (Å²) in [7, 11) is 0. The molecule has 2 N–H and O–H groups in total. The van der Waals surface area contributed by atoms with Crippen molar-refractivity contribution >= 4 is 23.3 Å². The van der Waals surface area contributed by atoms with Gasteiger partial charge in [-0.15, -0.1) is 10.2 Å². The second kappa shape index (κ2) is 16.5. The van der Waals surface area contributed by atoms with E-state index in [2.05, 4.69) is 55.8 Å². The number of carbonyl (C=O) groups is 1. The largest absolute Gasteiger partial charge is 0.487 e. The van der Waals surface area contributed by atoms with Crippen LogP contribution in [-0.2, 0) is 20.8 Å². The van der Waals surface area contributed by atoms with Crippen LogP contribution >= 0.6 is 11.6 Å². The van der Waals surface area contributed by atoms with Crippen LogP contribution in [0.3, 0.4) is 0 Å². The number of nitrogens with one attached hydrogen (secondary N) is 2. The number of ether oxygens (including phenoxy) is 4. The van der Waals surface area contributed by atoms with E-state index in [0.717, 1.165) is 62.9 Å². The lowest BCUT2D eigenvalue weighted by atomic mass is 9.89. The molecule has 3 aliphatic rings. The maximum Gasteiger partial charge on any atom is 0.303 e. The lowest BCUT2D eigenvalue weighted by Crippen LogP contribution is -2.51. The van der Waals surface area contributed by atoms with Crippen molar-refractivity contribution in [3.05, 3.63) is 41.3 Å². The van der Waals surface area contributed by atoms with Crippen LogP contribution in [0.2, 0.25) is 5.02 Å². The molecule has 1 saturated carbocycles. The van der Waals surface area contributed by atoms with Crippen LogP contribution in [-0.4, -0.2) is 96.7 Å². The van der Waals surface area contributed by atoms with E-state index in [9.17, 15) is 4.79 Å². The summed E-state index contributed by atoms with van der Waals surface area (Å²) in [5, 5.41) is 24.3. The molecule has 4 heterocycles. The summed E-state index contributed by atoms with van der Waals surface area (Å²) in [6.45, 7) is 14.4. The van der Waals surface area contributed by atoms with Gasteiger partial charge >= 0.3 is 5.97 Å². The first-order valence-corrected chi connectivity index (χ1v) is 18.8. The molecule has 0 unspecified atom stereocenters. The topological polar surface area (TPSA) is 143 Å². The third kappa shape index (κ3) is 10.1. The van der Waals surface area contributed by atoms with Gasteiger partial charge in [0.05, 0.1) is 48.8 Å². The van der Waals surface area contributed by atoms with Crippen molar-refractivity contribution in [2.24, 2.45) is 0 Å². The molecule has 1 aromatic carbocycles. The molecule has 0 amide bonds. The summed E-state index contributed by atoms with van der Waals surface area (Å²) in [5.74, 6) is 0.896. The summed E-state index contributed by atoms with van der Waals surface area (Å²) >= 11 is 6.54. The van der Waals surface area contributed by atoms with Crippen LogP contribution in [0.1, 0.15) is 104 Å². The lowest BCUT2D eigenvalue weighted by molar-refractivity contribution is -0.154. The van der Waals surface area contributed by atoms with E-state index in [1.54, 1.807) is 11.0 Å². The summed E-state index contributed by atoms with van der Waals surface area (Å²) in [6.07, 6.45) is 10.8. The van der Waals surface area contributed by atoms with Crippen molar-refractivity contribution in [2.75, 3.05) is 25.0 Å². The molecule has 0 spiro atoms. The molecular formula is C36H54ClN9O5. The third-order valence-electron chi connectivity index (χ3n) is 10.1. The van der Waals surface area contributed by atoms with E-state index in [-0.39, 0.29) is 36.5 Å². The fourth-order valence-corrected chi connectivity index (χ4v) is 7.88. The highest BCUT2D eigenvalue weighted by molar-refractivity contribution is 6.32. The molecule has 3 fully saturated rings.